The minimum atomic E-state index is -0.208. The summed E-state index contributed by atoms with van der Waals surface area (Å²) in [4.78, 5) is 30.7. The first-order chi connectivity index (χ1) is 15.2. The molecule has 0 aromatic heterocycles. The summed E-state index contributed by atoms with van der Waals surface area (Å²) < 4.78 is 0. The van der Waals surface area contributed by atoms with E-state index in [2.05, 4.69) is 10.2 Å². The van der Waals surface area contributed by atoms with Gasteiger partial charge in [0.05, 0.1) is 11.5 Å². The molecule has 2 fully saturated rings. The largest absolute Gasteiger partial charge is 0.371 e. The van der Waals surface area contributed by atoms with E-state index in [0.717, 1.165) is 69.5 Å². The van der Waals surface area contributed by atoms with E-state index < -0.39 is 0 Å². The van der Waals surface area contributed by atoms with Crippen molar-refractivity contribution in [1.29, 1.82) is 0 Å². The quantitative estimate of drug-likeness (QED) is 0.713. The summed E-state index contributed by atoms with van der Waals surface area (Å²) in [5.41, 5.74) is 3.43. The van der Waals surface area contributed by atoms with Crippen LogP contribution in [0, 0.1) is 0 Å². The molecule has 0 saturated carbocycles. The van der Waals surface area contributed by atoms with Crippen molar-refractivity contribution in [2.45, 2.75) is 51.4 Å². The third-order valence-corrected chi connectivity index (χ3v) is 6.51. The van der Waals surface area contributed by atoms with Crippen LogP contribution in [-0.4, -0.2) is 42.9 Å². The molecule has 164 valence electrons. The molecule has 2 heterocycles. The number of hydrogen-bond donors (Lipinski definition) is 1. The Bertz CT molecular complexity index is 900. The van der Waals surface area contributed by atoms with E-state index in [1.807, 2.05) is 60.4 Å². The Morgan fingerprint density at radius 1 is 0.903 bits per heavy atom. The first-order valence-corrected chi connectivity index (χ1v) is 11.7. The van der Waals surface area contributed by atoms with Gasteiger partial charge in [-0.1, -0.05) is 37.3 Å². The molecule has 31 heavy (non-hydrogen) atoms. The molecule has 5 nitrogen and oxygen atoms in total. The number of carbonyl (C=O) groups excluding carboxylic acids is 2. The average molecular weight is 420 g/mol. The first kappa shape index (κ1) is 21.4. The third kappa shape index (κ3) is 4.92. The van der Waals surface area contributed by atoms with Crippen LogP contribution in [-0.2, 0) is 4.79 Å². The summed E-state index contributed by atoms with van der Waals surface area (Å²) in [5, 5.41) is 3.08. The van der Waals surface area contributed by atoms with Gasteiger partial charge in [0.1, 0.15) is 0 Å². The van der Waals surface area contributed by atoms with Gasteiger partial charge in [-0.05, 0) is 62.3 Å². The molecule has 0 aliphatic carbocycles. The summed E-state index contributed by atoms with van der Waals surface area (Å²) in [6.45, 7) is 5.64. The Hall–Kier alpha value is -2.82. The number of anilines is 2. The van der Waals surface area contributed by atoms with Gasteiger partial charge in [0, 0.05) is 37.6 Å². The normalized spacial score (nSPS) is 17.5. The van der Waals surface area contributed by atoms with E-state index in [1.54, 1.807) is 0 Å². The van der Waals surface area contributed by atoms with Crippen molar-refractivity contribution in [3.05, 3.63) is 59.7 Å². The second kappa shape index (κ2) is 9.99. The van der Waals surface area contributed by atoms with Crippen LogP contribution in [0.5, 0.6) is 0 Å². The Morgan fingerprint density at radius 2 is 1.58 bits per heavy atom. The van der Waals surface area contributed by atoms with Gasteiger partial charge in [0.15, 0.2) is 0 Å². The van der Waals surface area contributed by atoms with E-state index in [9.17, 15) is 9.59 Å². The molecule has 2 aliphatic rings. The number of rotatable bonds is 6. The molecule has 5 heteroatoms. The summed E-state index contributed by atoms with van der Waals surface area (Å²) in [5.74, 6) is -0.149. The predicted octanol–water partition coefficient (Wildman–Crippen LogP) is 5.05. The number of carbonyl (C=O) groups is 2. The van der Waals surface area contributed by atoms with Gasteiger partial charge in [-0.2, -0.15) is 0 Å². The maximum Gasteiger partial charge on any atom is 0.256 e. The van der Waals surface area contributed by atoms with Gasteiger partial charge in [-0.25, -0.2) is 0 Å². The molecule has 0 radical (unpaired) electrons. The van der Waals surface area contributed by atoms with Gasteiger partial charge in [0.25, 0.3) is 5.91 Å². The molecule has 2 aromatic carbocycles. The van der Waals surface area contributed by atoms with Crippen molar-refractivity contribution in [2.75, 3.05) is 36.4 Å². The second-order valence-corrected chi connectivity index (χ2v) is 8.64. The Kier molecular flexibility index (Phi) is 6.90. The highest BCUT2D eigenvalue weighted by Crippen LogP contribution is 2.30. The van der Waals surface area contributed by atoms with Gasteiger partial charge in [-0.3, -0.25) is 9.59 Å². The van der Waals surface area contributed by atoms with Crippen molar-refractivity contribution >= 4 is 23.2 Å². The number of nitrogens with zero attached hydrogens (tertiary/aromatic N) is 2. The van der Waals surface area contributed by atoms with Crippen molar-refractivity contribution in [2.24, 2.45) is 0 Å². The molecule has 2 aromatic rings. The standard InChI is InChI=1S/C26H33N3O2/c1-2-22(20-11-5-3-6-12-20)25(30)27-21-13-14-24(28-15-7-4-8-16-28)23(19-21)26(31)29-17-9-10-18-29/h3,5-6,11-14,19,22H,2,4,7-10,15-18H2,1H3,(H,27,30)/t22-/m1/s1. The lowest BCUT2D eigenvalue weighted by Gasteiger charge is -2.31. The summed E-state index contributed by atoms with van der Waals surface area (Å²) in [6, 6.07) is 15.7. The topological polar surface area (TPSA) is 52.7 Å². The predicted molar refractivity (Wildman–Crippen MR) is 126 cm³/mol. The summed E-state index contributed by atoms with van der Waals surface area (Å²) >= 11 is 0. The van der Waals surface area contributed by atoms with Crippen LogP contribution < -0.4 is 10.2 Å². The number of benzene rings is 2. The third-order valence-electron chi connectivity index (χ3n) is 6.51. The van der Waals surface area contributed by atoms with E-state index in [0.29, 0.717) is 11.3 Å². The fourth-order valence-corrected chi connectivity index (χ4v) is 4.77. The molecule has 0 bridgehead atoms. The monoisotopic (exact) mass is 419 g/mol. The zero-order valence-corrected chi connectivity index (χ0v) is 18.5. The minimum Gasteiger partial charge on any atom is -0.371 e. The minimum absolute atomic E-state index is 0.0287. The highest BCUT2D eigenvalue weighted by Gasteiger charge is 2.26. The van der Waals surface area contributed by atoms with Gasteiger partial charge < -0.3 is 15.1 Å². The molecule has 1 N–H and O–H groups in total. The molecular weight excluding hydrogens is 386 g/mol. The Labute approximate surface area is 185 Å². The maximum absolute atomic E-state index is 13.3. The number of likely N-dealkylation sites (tertiary alicyclic amines) is 1. The van der Waals surface area contributed by atoms with Crippen LogP contribution >= 0.6 is 0 Å². The van der Waals surface area contributed by atoms with Crippen LogP contribution in [0.2, 0.25) is 0 Å². The van der Waals surface area contributed by atoms with Crippen molar-refractivity contribution in [3.63, 3.8) is 0 Å². The van der Waals surface area contributed by atoms with Crippen LogP contribution in [0.3, 0.4) is 0 Å². The van der Waals surface area contributed by atoms with Crippen LogP contribution in [0.4, 0.5) is 11.4 Å². The SMILES string of the molecule is CC[C@@H](C(=O)Nc1ccc(N2CCCCC2)c(C(=O)N2CCCC2)c1)c1ccccc1. The van der Waals surface area contributed by atoms with E-state index in [4.69, 9.17) is 0 Å². The van der Waals surface area contributed by atoms with Crippen molar-refractivity contribution < 1.29 is 9.59 Å². The molecule has 2 aliphatic heterocycles. The Morgan fingerprint density at radius 3 is 2.26 bits per heavy atom. The highest BCUT2D eigenvalue weighted by molar-refractivity contribution is 6.03. The lowest BCUT2D eigenvalue weighted by atomic mass is 9.95. The molecule has 2 saturated heterocycles. The average Bonchev–Trinajstić information content (AvgIpc) is 3.35. The van der Waals surface area contributed by atoms with Gasteiger partial charge in [-0.15, -0.1) is 0 Å². The van der Waals surface area contributed by atoms with Crippen LogP contribution in [0.1, 0.15) is 67.3 Å². The molecular formula is C26H33N3O2. The number of amides is 2. The lowest BCUT2D eigenvalue weighted by molar-refractivity contribution is -0.117. The molecule has 4 rings (SSSR count). The highest BCUT2D eigenvalue weighted by atomic mass is 16.2. The smallest absolute Gasteiger partial charge is 0.256 e. The summed E-state index contributed by atoms with van der Waals surface area (Å²) in [7, 11) is 0. The van der Waals surface area contributed by atoms with Crippen molar-refractivity contribution in [3.8, 4) is 0 Å². The molecule has 0 unspecified atom stereocenters. The first-order valence-electron chi connectivity index (χ1n) is 11.7. The zero-order chi connectivity index (χ0) is 21.6. The summed E-state index contributed by atoms with van der Waals surface area (Å²) in [6.07, 6.45) is 6.42. The van der Waals surface area contributed by atoms with Crippen molar-refractivity contribution in [1.82, 2.24) is 4.90 Å². The number of hydrogen-bond acceptors (Lipinski definition) is 3. The number of piperidine rings is 1. The fourth-order valence-electron chi connectivity index (χ4n) is 4.77. The van der Waals surface area contributed by atoms with Gasteiger partial charge >= 0.3 is 0 Å². The molecule has 0 spiro atoms. The van der Waals surface area contributed by atoms with E-state index in [-0.39, 0.29) is 17.7 Å². The van der Waals surface area contributed by atoms with Crippen LogP contribution in [0.15, 0.2) is 48.5 Å². The molecule has 2 amide bonds. The number of nitrogens with one attached hydrogen (secondary N) is 1. The van der Waals surface area contributed by atoms with Gasteiger partial charge in [0.2, 0.25) is 5.91 Å². The zero-order valence-electron chi connectivity index (χ0n) is 18.5. The Balaban J connectivity index is 1.59. The fraction of sp³-hybridized carbons (Fsp3) is 0.462. The van der Waals surface area contributed by atoms with E-state index >= 15 is 0 Å². The second-order valence-electron chi connectivity index (χ2n) is 8.64. The molecule has 1 atom stereocenters. The maximum atomic E-state index is 13.3. The van der Waals surface area contributed by atoms with E-state index in [1.165, 1.54) is 6.42 Å². The van der Waals surface area contributed by atoms with Crippen LogP contribution in [0.25, 0.3) is 0 Å². The lowest BCUT2D eigenvalue weighted by Crippen LogP contribution is -2.34.